The minimum atomic E-state index is -0.405. The standard InChI is InChI=1S/C17H11BrCl2N2O2/c18-12-7-9(19)1-3-11(12)15-5-6-16(24-15)17(23)22-14-4-2-10(21)8-13(14)20/h1-8H,21H2,(H,22,23). The number of rotatable bonds is 3. The molecule has 3 N–H and O–H groups in total. The average Bonchev–Trinajstić information content (AvgIpc) is 3.00. The zero-order valence-corrected chi connectivity index (χ0v) is 15.2. The van der Waals surface area contributed by atoms with Crippen LogP contribution < -0.4 is 11.1 Å². The van der Waals surface area contributed by atoms with Crippen LogP contribution in [0.2, 0.25) is 10.0 Å². The lowest BCUT2D eigenvalue weighted by atomic mass is 10.2. The lowest BCUT2D eigenvalue weighted by molar-refractivity contribution is 0.0997. The van der Waals surface area contributed by atoms with E-state index >= 15 is 0 Å². The molecule has 4 nitrogen and oxygen atoms in total. The van der Waals surface area contributed by atoms with Crippen molar-refractivity contribution in [2.45, 2.75) is 0 Å². The van der Waals surface area contributed by atoms with Crippen LogP contribution in [0.15, 0.2) is 57.4 Å². The van der Waals surface area contributed by atoms with Crippen LogP contribution in [0.4, 0.5) is 11.4 Å². The smallest absolute Gasteiger partial charge is 0.291 e. The van der Waals surface area contributed by atoms with Crippen LogP contribution in [0, 0.1) is 0 Å². The van der Waals surface area contributed by atoms with E-state index in [2.05, 4.69) is 21.2 Å². The quantitative estimate of drug-likeness (QED) is 0.517. The van der Waals surface area contributed by atoms with Crippen molar-refractivity contribution in [1.29, 1.82) is 0 Å². The van der Waals surface area contributed by atoms with Gasteiger partial charge in [0, 0.05) is 20.7 Å². The minimum absolute atomic E-state index is 0.166. The molecule has 0 radical (unpaired) electrons. The molecule has 3 rings (SSSR count). The summed E-state index contributed by atoms with van der Waals surface area (Å²) in [6, 6.07) is 13.5. The SMILES string of the molecule is Nc1ccc(NC(=O)c2ccc(-c3ccc(Cl)cc3Br)o2)c(Cl)c1. The summed E-state index contributed by atoms with van der Waals surface area (Å²) < 4.78 is 6.41. The highest BCUT2D eigenvalue weighted by Gasteiger charge is 2.15. The fraction of sp³-hybridized carbons (Fsp3) is 0. The number of halogens is 3. The summed E-state index contributed by atoms with van der Waals surface area (Å²) in [6.45, 7) is 0. The second-order valence-corrected chi connectivity index (χ2v) is 6.68. The van der Waals surface area contributed by atoms with Gasteiger partial charge in [-0.3, -0.25) is 4.79 Å². The Bertz CT molecular complexity index is 925. The molecule has 122 valence electrons. The van der Waals surface area contributed by atoms with Gasteiger partial charge in [0.1, 0.15) is 5.76 Å². The highest BCUT2D eigenvalue weighted by atomic mass is 79.9. The molecule has 24 heavy (non-hydrogen) atoms. The Morgan fingerprint density at radius 1 is 1.08 bits per heavy atom. The molecule has 0 aliphatic rings. The number of carbonyl (C=O) groups is 1. The van der Waals surface area contributed by atoms with E-state index in [9.17, 15) is 4.79 Å². The first-order valence-electron chi connectivity index (χ1n) is 6.85. The molecule has 0 unspecified atom stereocenters. The molecular weight excluding hydrogens is 415 g/mol. The van der Waals surface area contributed by atoms with Crippen molar-refractivity contribution in [3.05, 3.63) is 68.8 Å². The molecule has 0 saturated heterocycles. The van der Waals surface area contributed by atoms with Crippen LogP contribution in [0.5, 0.6) is 0 Å². The number of furan rings is 1. The minimum Gasteiger partial charge on any atom is -0.451 e. The van der Waals surface area contributed by atoms with Crippen LogP contribution in [-0.4, -0.2) is 5.91 Å². The van der Waals surface area contributed by atoms with Gasteiger partial charge in [-0.25, -0.2) is 0 Å². The number of nitrogen functional groups attached to an aromatic ring is 1. The topological polar surface area (TPSA) is 68.3 Å². The first-order valence-corrected chi connectivity index (χ1v) is 8.40. The van der Waals surface area contributed by atoms with Gasteiger partial charge in [-0.1, -0.05) is 23.2 Å². The van der Waals surface area contributed by atoms with Crippen molar-refractivity contribution in [1.82, 2.24) is 0 Å². The average molecular weight is 426 g/mol. The number of hydrogen-bond acceptors (Lipinski definition) is 3. The molecule has 0 aliphatic heterocycles. The number of nitrogens with one attached hydrogen (secondary N) is 1. The second kappa shape index (κ2) is 6.89. The summed E-state index contributed by atoms with van der Waals surface area (Å²) in [5.74, 6) is 0.310. The third-order valence-electron chi connectivity index (χ3n) is 3.27. The molecule has 0 saturated carbocycles. The highest BCUT2D eigenvalue weighted by Crippen LogP contribution is 2.32. The molecule has 7 heteroatoms. The Balaban J connectivity index is 1.83. The summed E-state index contributed by atoms with van der Waals surface area (Å²) in [7, 11) is 0. The number of nitrogens with two attached hydrogens (primary N) is 1. The predicted molar refractivity (Wildman–Crippen MR) is 101 cm³/mol. The largest absolute Gasteiger partial charge is 0.451 e. The molecule has 0 atom stereocenters. The third kappa shape index (κ3) is 3.59. The predicted octanol–water partition coefficient (Wildman–Crippen LogP) is 5.85. The molecule has 3 aromatic rings. The first kappa shape index (κ1) is 16.9. The van der Waals surface area contributed by atoms with E-state index in [0.29, 0.717) is 27.2 Å². The zero-order valence-electron chi connectivity index (χ0n) is 12.1. The fourth-order valence-electron chi connectivity index (χ4n) is 2.11. The Hall–Kier alpha value is -1.95. The second-order valence-electron chi connectivity index (χ2n) is 4.98. The number of carbonyl (C=O) groups excluding carboxylic acids is 1. The van der Waals surface area contributed by atoms with Crippen LogP contribution in [0.25, 0.3) is 11.3 Å². The number of amides is 1. The molecule has 1 amide bonds. The van der Waals surface area contributed by atoms with E-state index < -0.39 is 5.91 Å². The Morgan fingerprint density at radius 2 is 1.88 bits per heavy atom. The van der Waals surface area contributed by atoms with Gasteiger partial charge < -0.3 is 15.5 Å². The lowest BCUT2D eigenvalue weighted by Crippen LogP contribution is -2.11. The van der Waals surface area contributed by atoms with E-state index in [1.165, 1.54) is 0 Å². The third-order valence-corrected chi connectivity index (χ3v) is 4.47. The fourth-order valence-corrected chi connectivity index (χ4v) is 3.22. The van der Waals surface area contributed by atoms with Crippen molar-refractivity contribution >= 4 is 56.4 Å². The number of hydrogen-bond donors (Lipinski definition) is 2. The first-order chi connectivity index (χ1) is 11.4. The van der Waals surface area contributed by atoms with E-state index in [4.69, 9.17) is 33.4 Å². The molecule has 0 fully saturated rings. The summed E-state index contributed by atoms with van der Waals surface area (Å²) >= 11 is 15.4. The van der Waals surface area contributed by atoms with Crippen molar-refractivity contribution in [3.8, 4) is 11.3 Å². The van der Waals surface area contributed by atoms with Crippen molar-refractivity contribution in [3.63, 3.8) is 0 Å². The van der Waals surface area contributed by atoms with Crippen molar-refractivity contribution in [2.75, 3.05) is 11.1 Å². The molecular formula is C17H11BrCl2N2O2. The van der Waals surface area contributed by atoms with Crippen LogP contribution in [0.3, 0.4) is 0 Å². The molecule has 1 heterocycles. The Morgan fingerprint density at radius 3 is 2.58 bits per heavy atom. The Labute approximate surface area is 156 Å². The van der Waals surface area contributed by atoms with E-state index in [-0.39, 0.29) is 5.76 Å². The molecule has 0 aliphatic carbocycles. The molecule has 0 bridgehead atoms. The van der Waals surface area contributed by atoms with E-state index in [1.807, 2.05) is 6.07 Å². The van der Waals surface area contributed by atoms with Gasteiger partial charge in [-0.15, -0.1) is 0 Å². The highest BCUT2D eigenvalue weighted by molar-refractivity contribution is 9.10. The van der Waals surface area contributed by atoms with Gasteiger partial charge in [-0.05, 0) is 64.5 Å². The zero-order chi connectivity index (χ0) is 17.3. The van der Waals surface area contributed by atoms with Crippen LogP contribution in [0.1, 0.15) is 10.6 Å². The van der Waals surface area contributed by atoms with Crippen LogP contribution >= 0.6 is 39.1 Å². The van der Waals surface area contributed by atoms with Gasteiger partial charge in [0.25, 0.3) is 5.91 Å². The van der Waals surface area contributed by atoms with E-state index in [1.54, 1.807) is 42.5 Å². The van der Waals surface area contributed by atoms with Gasteiger partial charge in [-0.2, -0.15) is 0 Å². The molecule has 2 aromatic carbocycles. The maximum absolute atomic E-state index is 12.3. The summed E-state index contributed by atoms with van der Waals surface area (Å²) in [5, 5.41) is 3.65. The van der Waals surface area contributed by atoms with Gasteiger partial charge >= 0.3 is 0 Å². The molecule has 0 spiro atoms. The van der Waals surface area contributed by atoms with Gasteiger partial charge in [0.05, 0.1) is 10.7 Å². The van der Waals surface area contributed by atoms with E-state index in [0.717, 1.165) is 10.0 Å². The monoisotopic (exact) mass is 424 g/mol. The van der Waals surface area contributed by atoms with Crippen molar-refractivity contribution < 1.29 is 9.21 Å². The lowest BCUT2D eigenvalue weighted by Gasteiger charge is -2.06. The Kier molecular flexibility index (Phi) is 4.85. The summed E-state index contributed by atoms with van der Waals surface area (Å²) in [5.41, 5.74) is 7.41. The van der Waals surface area contributed by atoms with Crippen LogP contribution in [-0.2, 0) is 0 Å². The summed E-state index contributed by atoms with van der Waals surface area (Å²) in [6.07, 6.45) is 0. The van der Waals surface area contributed by atoms with Gasteiger partial charge in [0.15, 0.2) is 5.76 Å². The maximum Gasteiger partial charge on any atom is 0.291 e. The van der Waals surface area contributed by atoms with Gasteiger partial charge in [0.2, 0.25) is 0 Å². The van der Waals surface area contributed by atoms with Crippen molar-refractivity contribution in [2.24, 2.45) is 0 Å². The maximum atomic E-state index is 12.3. The normalized spacial score (nSPS) is 10.6. The summed E-state index contributed by atoms with van der Waals surface area (Å²) in [4.78, 5) is 12.3. The number of benzene rings is 2. The molecule has 1 aromatic heterocycles. The number of anilines is 2.